The monoisotopic (exact) mass is 315 g/mol. The molecule has 22 heavy (non-hydrogen) atoms. The van der Waals surface area contributed by atoms with Crippen LogP contribution in [0.15, 0.2) is 0 Å². The highest BCUT2D eigenvalue weighted by molar-refractivity contribution is 5.57. The lowest BCUT2D eigenvalue weighted by molar-refractivity contribution is -0.110. The highest BCUT2D eigenvalue weighted by Crippen LogP contribution is 2.16. The minimum atomic E-state index is -0.0267. The van der Waals surface area contributed by atoms with Crippen LogP contribution in [0.3, 0.4) is 0 Å². The van der Waals surface area contributed by atoms with Crippen molar-refractivity contribution in [1.29, 1.82) is 0 Å². The van der Waals surface area contributed by atoms with Gasteiger partial charge in [0.1, 0.15) is 6.29 Å². The summed E-state index contributed by atoms with van der Waals surface area (Å²) >= 11 is 0. The maximum Gasteiger partial charge on any atom is 0.138 e. The van der Waals surface area contributed by atoms with Crippen LogP contribution in [0, 0.1) is 0 Å². The van der Waals surface area contributed by atoms with Crippen molar-refractivity contribution in [3.8, 4) is 0 Å². The summed E-state index contributed by atoms with van der Waals surface area (Å²) in [7, 11) is 4.04. The number of nitrogens with one attached hydrogen (secondary N) is 1. The van der Waals surface area contributed by atoms with E-state index in [1.54, 1.807) is 0 Å². The lowest BCUT2D eigenvalue weighted by Crippen LogP contribution is -2.49. The molecule has 0 saturated carbocycles. The lowest BCUT2D eigenvalue weighted by atomic mass is 10.0. The van der Waals surface area contributed by atoms with Crippen molar-refractivity contribution < 1.29 is 9.90 Å². The molecule has 1 unspecified atom stereocenters. The van der Waals surface area contributed by atoms with Crippen LogP contribution >= 0.6 is 0 Å². The molecule has 0 radical (unpaired) electrons. The number of aliphatic hydroxyl groups is 1. The van der Waals surface area contributed by atoms with Gasteiger partial charge >= 0.3 is 0 Å². The zero-order chi connectivity index (χ0) is 16.8. The Morgan fingerprint density at radius 2 is 1.95 bits per heavy atom. The Balaban J connectivity index is 0.000000763. The van der Waals surface area contributed by atoms with Gasteiger partial charge < -0.3 is 20.1 Å². The van der Waals surface area contributed by atoms with Crippen LogP contribution < -0.4 is 5.32 Å². The zero-order valence-corrected chi connectivity index (χ0v) is 15.1. The summed E-state index contributed by atoms with van der Waals surface area (Å²) in [4.78, 5) is 15.8. The van der Waals surface area contributed by atoms with E-state index in [2.05, 4.69) is 36.0 Å². The number of piperidine rings is 1. The number of carbonyl (C=O) groups excluding carboxylic acids is 1. The maximum absolute atomic E-state index is 10.9. The third-order valence-electron chi connectivity index (χ3n) is 4.19. The predicted octanol–water partition coefficient (Wildman–Crippen LogP) is 1.36. The summed E-state index contributed by atoms with van der Waals surface area (Å²) in [6.45, 7) is 8.90. The molecule has 1 heterocycles. The second-order valence-corrected chi connectivity index (χ2v) is 6.14. The van der Waals surface area contributed by atoms with E-state index in [1.807, 2.05) is 7.05 Å². The number of hydrogen-bond acceptors (Lipinski definition) is 5. The first kappa shape index (κ1) is 21.5. The molecule has 0 spiro atoms. The molecule has 1 saturated heterocycles. The summed E-state index contributed by atoms with van der Waals surface area (Å²) in [5.74, 6) is 0. The summed E-state index contributed by atoms with van der Waals surface area (Å²) in [5, 5.41) is 11.1. The van der Waals surface area contributed by atoms with Crippen LogP contribution in [0.5, 0.6) is 0 Å². The van der Waals surface area contributed by atoms with E-state index in [9.17, 15) is 4.79 Å². The Hall–Kier alpha value is -0.490. The molecule has 0 aromatic rings. The number of carbonyl (C=O) groups is 1. The Kier molecular flexibility index (Phi) is 13.8. The Morgan fingerprint density at radius 3 is 2.32 bits per heavy atom. The molecule has 132 valence electrons. The summed E-state index contributed by atoms with van der Waals surface area (Å²) < 4.78 is 0. The molecule has 1 rings (SSSR count). The van der Waals surface area contributed by atoms with Gasteiger partial charge in [-0.1, -0.05) is 20.3 Å². The number of unbranched alkanes of at least 4 members (excludes halogenated alkanes) is 1. The van der Waals surface area contributed by atoms with E-state index >= 15 is 0 Å². The average Bonchev–Trinajstić information content (AvgIpc) is 2.54. The van der Waals surface area contributed by atoms with E-state index in [-0.39, 0.29) is 6.04 Å². The molecule has 1 atom stereocenters. The normalized spacial score (nSPS) is 17.9. The number of hydrogen-bond donors (Lipinski definition) is 2. The molecule has 0 aliphatic carbocycles. The number of aldehydes is 1. The predicted molar refractivity (Wildman–Crippen MR) is 93.3 cm³/mol. The van der Waals surface area contributed by atoms with Crippen molar-refractivity contribution in [2.24, 2.45) is 0 Å². The topological polar surface area (TPSA) is 55.8 Å². The van der Waals surface area contributed by atoms with Crippen LogP contribution in [-0.2, 0) is 4.79 Å². The van der Waals surface area contributed by atoms with Gasteiger partial charge in [0.15, 0.2) is 0 Å². The van der Waals surface area contributed by atoms with Crippen molar-refractivity contribution in [1.82, 2.24) is 15.1 Å². The van der Waals surface area contributed by atoms with Crippen molar-refractivity contribution in [2.45, 2.75) is 58.0 Å². The van der Waals surface area contributed by atoms with Gasteiger partial charge in [-0.2, -0.15) is 0 Å². The van der Waals surface area contributed by atoms with Gasteiger partial charge in [0, 0.05) is 19.2 Å². The first-order valence-electron chi connectivity index (χ1n) is 8.78. The molecule has 5 heteroatoms. The quantitative estimate of drug-likeness (QED) is 0.629. The Labute approximate surface area is 137 Å². The van der Waals surface area contributed by atoms with E-state index in [0.717, 1.165) is 38.6 Å². The third-order valence-corrected chi connectivity index (χ3v) is 4.19. The van der Waals surface area contributed by atoms with Crippen LogP contribution in [0.1, 0.15) is 46.0 Å². The molecule has 5 nitrogen and oxygen atoms in total. The first-order valence-corrected chi connectivity index (χ1v) is 8.78. The molecular weight excluding hydrogens is 278 g/mol. The minimum Gasteiger partial charge on any atom is -0.396 e. The molecule has 1 fully saturated rings. The second-order valence-electron chi connectivity index (χ2n) is 6.14. The largest absolute Gasteiger partial charge is 0.396 e. The molecule has 1 aliphatic heterocycles. The van der Waals surface area contributed by atoms with Gasteiger partial charge in [-0.25, -0.2) is 0 Å². The summed E-state index contributed by atoms with van der Waals surface area (Å²) in [5.41, 5.74) is 0. The van der Waals surface area contributed by atoms with Gasteiger partial charge in [-0.05, 0) is 59.4 Å². The SMILES string of the molecule is CCCCO.CCCN(CC(C=O)NC)C1CCN(C)CC1. The molecule has 0 bridgehead atoms. The summed E-state index contributed by atoms with van der Waals surface area (Å²) in [6.07, 6.45) is 6.67. The molecule has 0 amide bonds. The fraction of sp³-hybridized carbons (Fsp3) is 0.941. The van der Waals surface area contributed by atoms with Crippen molar-refractivity contribution in [3.05, 3.63) is 0 Å². The first-order chi connectivity index (χ1) is 10.6. The fourth-order valence-electron chi connectivity index (χ4n) is 2.68. The van der Waals surface area contributed by atoms with Gasteiger partial charge in [0.2, 0.25) is 0 Å². The van der Waals surface area contributed by atoms with E-state index < -0.39 is 0 Å². The van der Waals surface area contributed by atoms with Crippen molar-refractivity contribution >= 4 is 6.29 Å². The number of likely N-dealkylation sites (tertiary alicyclic amines) is 1. The maximum atomic E-state index is 10.9. The van der Waals surface area contributed by atoms with Gasteiger partial charge in [-0.3, -0.25) is 4.90 Å². The number of rotatable bonds is 9. The van der Waals surface area contributed by atoms with Crippen molar-refractivity contribution in [2.75, 3.05) is 46.9 Å². The molecular formula is C17H37N3O2. The van der Waals surface area contributed by atoms with Gasteiger partial charge in [0.05, 0.1) is 6.04 Å². The van der Waals surface area contributed by atoms with E-state index in [0.29, 0.717) is 12.6 Å². The van der Waals surface area contributed by atoms with Gasteiger partial charge in [0.25, 0.3) is 0 Å². The number of aliphatic hydroxyl groups excluding tert-OH is 1. The van der Waals surface area contributed by atoms with E-state index in [1.165, 1.54) is 25.9 Å². The molecule has 2 N–H and O–H groups in total. The van der Waals surface area contributed by atoms with E-state index in [4.69, 9.17) is 5.11 Å². The van der Waals surface area contributed by atoms with Crippen LogP contribution in [0.4, 0.5) is 0 Å². The zero-order valence-electron chi connectivity index (χ0n) is 15.1. The average molecular weight is 316 g/mol. The Morgan fingerprint density at radius 1 is 1.32 bits per heavy atom. The standard InChI is InChI=1S/C13H27N3O.C4H10O/c1-4-7-16(10-12(11-17)14-2)13-5-8-15(3)9-6-13;1-2-3-4-5/h11-14H,4-10H2,1-3H3;5H,2-4H2,1H3. The van der Waals surface area contributed by atoms with Crippen LogP contribution in [0.25, 0.3) is 0 Å². The van der Waals surface area contributed by atoms with Gasteiger partial charge in [-0.15, -0.1) is 0 Å². The minimum absolute atomic E-state index is 0.0267. The highest BCUT2D eigenvalue weighted by Gasteiger charge is 2.24. The molecule has 0 aromatic carbocycles. The number of likely N-dealkylation sites (N-methyl/N-ethyl adjacent to an activating group) is 1. The summed E-state index contributed by atoms with van der Waals surface area (Å²) in [6, 6.07) is 0.628. The Bertz CT molecular complexity index is 254. The molecule has 1 aliphatic rings. The number of nitrogens with zero attached hydrogens (tertiary/aromatic N) is 2. The smallest absolute Gasteiger partial charge is 0.138 e. The third kappa shape index (κ3) is 9.51. The highest BCUT2D eigenvalue weighted by atomic mass is 16.2. The fourth-order valence-corrected chi connectivity index (χ4v) is 2.68. The lowest BCUT2D eigenvalue weighted by Gasteiger charge is -2.38. The molecule has 0 aromatic heterocycles. The van der Waals surface area contributed by atoms with Crippen molar-refractivity contribution in [3.63, 3.8) is 0 Å². The van der Waals surface area contributed by atoms with Crippen LogP contribution in [0.2, 0.25) is 0 Å². The second kappa shape index (κ2) is 14.1. The van der Waals surface area contributed by atoms with Crippen LogP contribution in [-0.4, -0.2) is 80.2 Å².